The number of amides is 1. The number of nitrogens with one attached hydrogen (secondary N) is 1. The molecule has 2 saturated heterocycles. The predicted molar refractivity (Wildman–Crippen MR) is 112 cm³/mol. The fourth-order valence-corrected chi connectivity index (χ4v) is 4.95. The van der Waals surface area contributed by atoms with Crippen LogP contribution in [0.1, 0.15) is 27.8 Å². The Bertz CT molecular complexity index is 990. The zero-order valence-electron chi connectivity index (χ0n) is 16.9. The van der Waals surface area contributed by atoms with Crippen molar-refractivity contribution >= 4 is 5.91 Å². The van der Waals surface area contributed by atoms with Crippen molar-refractivity contribution in [1.29, 1.82) is 0 Å². The predicted octanol–water partition coefficient (Wildman–Crippen LogP) is 2.76. The lowest BCUT2D eigenvalue weighted by Crippen LogP contribution is -2.35. The van der Waals surface area contributed by atoms with Crippen molar-refractivity contribution in [2.75, 3.05) is 26.7 Å². The molecule has 0 spiro atoms. The molecule has 2 aliphatic rings. The minimum absolute atomic E-state index is 0.0372. The van der Waals surface area contributed by atoms with Gasteiger partial charge in [-0.15, -0.1) is 0 Å². The molecule has 1 N–H and O–H groups in total. The van der Waals surface area contributed by atoms with E-state index in [-0.39, 0.29) is 11.9 Å². The number of imidazole rings is 1. The van der Waals surface area contributed by atoms with Gasteiger partial charge in [-0.1, -0.05) is 12.1 Å². The zero-order valence-corrected chi connectivity index (χ0v) is 16.9. The Labute approximate surface area is 175 Å². The van der Waals surface area contributed by atoms with Gasteiger partial charge < -0.3 is 14.6 Å². The summed E-state index contributed by atoms with van der Waals surface area (Å²) in [6.45, 7) is 3.48. The van der Waals surface area contributed by atoms with Crippen LogP contribution in [0.15, 0.2) is 61.2 Å². The summed E-state index contributed by atoms with van der Waals surface area (Å²) in [5.41, 5.74) is 1.80. The van der Waals surface area contributed by atoms with Crippen LogP contribution in [-0.2, 0) is 6.54 Å². The maximum Gasteiger partial charge on any atom is 0.255 e. The molecule has 0 unspecified atom stereocenters. The molecule has 3 aromatic rings. The van der Waals surface area contributed by atoms with Gasteiger partial charge >= 0.3 is 0 Å². The van der Waals surface area contributed by atoms with Crippen LogP contribution in [0.4, 0.5) is 0 Å². The van der Waals surface area contributed by atoms with Crippen molar-refractivity contribution in [3.63, 3.8) is 0 Å². The van der Waals surface area contributed by atoms with Crippen LogP contribution >= 0.6 is 0 Å². The van der Waals surface area contributed by atoms with E-state index < -0.39 is 0 Å². The minimum atomic E-state index is 0.0372. The summed E-state index contributed by atoms with van der Waals surface area (Å²) in [6.07, 6.45) is 7.01. The lowest BCUT2D eigenvalue weighted by atomic mass is 9.89. The summed E-state index contributed by atoms with van der Waals surface area (Å²) in [4.78, 5) is 29.5. The Morgan fingerprint density at radius 2 is 2.03 bits per heavy atom. The topological polar surface area (TPSA) is 74.3 Å². The Kier molecular flexibility index (Phi) is 4.96. The average Bonchev–Trinajstić information content (AvgIpc) is 3.51. The molecule has 2 aromatic heterocycles. The largest absolute Gasteiger partial charge is 0.497 e. The highest BCUT2D eigenvalue weighted by atomic mass is 16.5. The Morgan fingerprint density at radius 3 is 2.73 bits per heavy atom. The number of carbonyl (C=O) groups excluding carboxylic acids is 1. The second kappa shape index (κ2) is 7.91. The first kappa shape index (κ1) is 18.8. The van der Waals surface area contributed by atoms with Crippen LogP contribution in [0.25, 0.3) is 0 Å². The van der Waals surface area contributed by atoms with Crippen LogP contribution in [0.2, 0.25) is 0 Å². The van der Waals surface area contributed by atoms with E-state index >= 15 is 0 Å². The van der Waals surface area contributed by atoms with E-state index in [1.165, 1.54) is 0 Å². The van der Waals surface area contributed by atoms with Gasteiger partial charge in [0.25, 0.3) is 5.91 Å². The second-order valence-electron chi connectivity index (χ2n) is 8.07. The molecule has 2 fully saturated rings. The number of hydrogen-bond acceptors (Lipinski definition) is 5. The van der Waals surface area contributed by atoms with Crippen molar-refractivity contribution in [3.8, 4) is 5.75 Å². The van der Waals surface area contributed by atoms with E-state index in [1.54, 1.807) is 25.7 Å². The van der Waals surface area contributed by atoms with Crippen molar-refractivity contribution < 1.29 is 9.53 Å². The molecule has 0 bridgehead atoms. The fourth-order valence-electron chi connectivity index (χ4n) is 4.95. The highest BCUT2D eigenvalue weighted by Gasteiger charge is 2.49. The van der Waals surface area contributed by atoms with E-state index in [2.05, 4.69) is 32.0 Å². The normalized spacial score (nSPS) is 23.5. The van der Waals surface area contributed by atoms with E-state index in [0.29, 0.717) is 17.4 Å². The molecule has 154 valence electrons. The number of benzene rings is 1. The highest BCUT2D eigenvalue weighted by molar-refractivity contribution is 5.94. The van der Waals surface area contributed by atoms with E-state index in [0.717, 1.165) is 43.3 Å². The molecule has 4 heterocycles. The molecule has 7 heteroatoms. The Balaban J connectivity index is 1.43. The second-order valence-corrected chi connectivity index (χ2v) is 8.07. The number of H-pyrrole nitrogens is 1. The number of pyridine rings is 1. The molecule has 0 aliphatic carbocycles. The van der Waals surface area contributed by atoms with Gasteiger partial charge in [-0.3, -0.25) is 14.7 Å². The van der Waals surface area contributed by atoms with Crippen molar-refractivity contribution in [3.05, 3.63) is 78.1 Å². The Hall–Kier alpha value is -3.19. The van der Waals surface area contributed by atoms with Gasteiger partial charge in [0.15, 0.2) is 0 Å². The minimum Gasteiger partial charge on any atom is -0.497 e. The maximum atomic E-state index is 13.4. The quantitative estimate of drug-likeness (QED) is 0.709. The van der Waals surface area contributed by atoms with Crippen LogP contribution in [0.3, 0.4) is 0 Å². The highest BCUT2D eigenvalue weighted by Crippen LogP contribution is 2.46. The van der Waals surface area contributed by atoms with Gasteiger partial charge in [0.05, 0.1) is 25.3 Å². The third-order valence-electron chi connectivity index (χ3n) is 6.29. The van der Waals surface area contributed by atoms with Crippen LogP contribution in [0.5, 0.6) is 5.75 Å². The molecule has 2 aliphatic heterocycles. The molecule has 1 amide bonds. The first-order valence-electron chi connectivity index (χ1n) is 10.3. The third-order valence-corrected chi connectivity index (χ3v) is 6.29. The number of fused-ring (bicyclic) bond motifs is 1. The van der Waals surface area contributed by atoms with Gasteiger partial charge in [-0.25, -0.2) is 4.98 Å². The Morgan fingerprint density at radius 1 is 1.17 bits per heavy atom. The summed E-state index contributed by atoms with van der Waals surface area (Å²) >= 11 is 0. The monoisotopic (exact) mass is 403 g/mol. The number of likely N-dealkylation sites (tertiary alicyclic amines) is 2. The zero-order chi connectivity index (χ0) is 20.5. The number of carbonyl (C=O) groups is 1. The summed E-state index contributed by atoms with van der Waals surface area (Å²) < 4.78 is 5.33. The number of aromatic amines is 1. The van der Waals surface area contributed by atoms with Crippen molar-refractivity contribution in [2.45, 2.75) is 12.6 Å². The van der Waals surface area contributed by atoms with Crippen molar-refractivity contribution in [2.24, 2.45) is 11.8 Å². The van der Waals surface area contributed by atoms with E-state index in [9.17, 15) is 4.79 Å². The smallest absolute Gasteiger partial charge is 0.255 e. The molecule has 5 rings (SSSR count). The number of rotatable bonds is 5. The molecular formula is C23H25N5O2. The molecule has 30 heavy (non-hydrogen) atoms. The number of aromatic nitrogens is 3. The lowest BCUT2D eigenvalue weighted by Gasteiger charge is -2.30. The van der Waals surface area contributed by atoms with Gasteiger partial charge in [0.1, 0.15) is 11.6 Å². The summed E-state index contributed by atoms with van der Waals surface area (Å²) in [7, 11) is 1.67. The van der Waals surface area contributed by atoms with Crippen LogP contribution in [-0.4, -0.2) is 57.4 Å². The summed E-state index contributed by atoms with van der Waals surface area (Å²) in [5, 5.41) is 0. The van der Waals surface area contributed by atoms with E-state index in [1.807, 2.05) is 35.4 Å². The maximum absolute atomic E-state index is 13.4. The first-order chi connectivity index (χ1) is 14.7. The van der Waals surface area contributed by atoms with E-state index in [4.69, 9.17) is 4.74 Å². The summed E-state index contributed by atoms with van der Waals surface area (Å²) in [5.74, 6) is 2.68. The lowest BCUT2D eigenvalue weighted by molar-refractivity contribution is 0.0699. The van der Waals surface area contributed by atoms with Crippen molar-refractivity contribution in [1.82, 2.24) is 24.8 Å². The van der Waals surface area contributed by atoms with Gasteiger partial charge in [0, 0.05) is 50.3 Å². The number of ether oxygens (including phenoxy) is 1. The van der Waals surface area contributed by atoms with Gasteiger partial charge in [-0.05, 0) is 35.7 Å². The molecule has 0 saturated carbocycles. The molecule has 7 nitrogen and oxygen atoms in total. The number of methoxy groups -OCH3 is 1. The average molecular weight is 403 g/mol. The number of hydrogen-bond donors (Lipinski definition) is 1. The standard InChI is InChI=1S/C23H25N5O2/c1-30-19-6-4-16(5-7-19)22-20-14-27(15-21-25-9-10-26-21)12-18(20)13-28(22)23(29)17-3-2-8-24-11-17/h2-11,18,20,22H,12-15H2,1H3,(H,25,26)/t18-,20-,22-/m0/s1. The van der Waals surface area contributed by atoms with Gasteiger partial charge in [0.2, 0.25) is 0 Å². The van der Waals surface area contributed by atoms with Gasteiger partial charge in [-0.2, -0.15) is 0 Å². The van der Waals surface area contributed by atoms with Crippen LogP contribution < -0.4 is 4.74 Å². The third kappa shape index (κ3) is 3.45. The summed E-state index contributed by atoms with van der Waals surface area (Å²) in [6, 6.07) is 11.8. The molecule has 1 aromatic carbocycles. The SMILES string of the molecule is COc1ccc([C@H]2[C@H]3CN(Cc4ncc[nH]4)C[C@H]3CN2C(=O)c2cccnc2)cc1. The fraction of sp³-hybridized carbons (Fsp3) is 0.348. The molecule has 3 atom stereocenters. The number of nitrogens with zero attached hydrogens (tertiary/aromatic N) is 4. The van der Waals surface area contributed by atoms with Crippen LogP contribution in [0, 0.1) is 11.8 Å². The molecular weight excluding hydrogens is 378 g/mol. The first-order valence-corrected chi connectivity index (χ1v) is 10.3. The molecule has 0 radical (unpaired) electrons.